The molecule has 2 aromatic rings. The summed E-state index contributed by atoms with van der Waals surface area (Å²) in [6.07, 6.45) is 1.15. The van der Waals surface area contributed by atoms with Crippen LogP contribution in [0.1, 0.15) is 37.4 Å². The van der Waals surface area contributed by atoms with Gasteiger partial charge in [0.05, 0.1) is 23.0 Å². The number of alkyl halides is 3. The van der Waals surface area contributed by atoms with E-state index in [0.717, 1.165) is 5.69 Å². The molecule has 136 valence electrons. The topological polar surface area (TPSA) is 61.0 Å². The smallest absolute Gasteiger partial charge is 0.267 e. The van der Waals surface area contributed by atoms with Gasteiger partial charge < -0.3 is 10.5 Å². The first-order chi connectivity index (χ1) is 11.9. The summed E-state index contributed by atoms with van der Waals surface area (Å²) < 4.78 is 45.4. The lowest BCUT2D eigenvalue weighted by Crippen LogP contribution is -2.47. The van der Waals surface area contributed by atoms with Crippen LogP contribution in [0, 0.1) is 6.92 Å². The van der Waals surface area contributed by atoms with Gasteiger partial charge in [0.1, 0.15) is 19.0 Å². The van der Waals surface area contributed by atoms with E-state index in [1.807, 2.05) is 6.92 Å². The Morgan fingerprint density at radius 1 is 1.28 bits per heavy atom. The number of ether oxygens (including phenoxy) is 1. The van der Waals surface area contributed by atoms with Gasteiger partial charge in [0.15, 0.2) is 0 Å². The highest BCUT2D eigenvalue weighted by Gasteiger charge is 2.26. The molecular weight excluding hydrogens is 331 g/mol. The number of hydrogen-bond donors (Lipinski definition) is 1. The van der Waals surface area contributed by atoms with Crippen molar-refractivity contribution in [1.82, 2.24) is 9.97 Å². The highest BCUT2D eigenvalue weighted by atomic mass is 19.3. The van der Waals surface area contributed by atoms with E-state index >= 15 is 0 Å². The second kappa shape index (κ2) is 8.29. The highest BCUT2D eigenvalue weighted by molar-refractivity contribution is 5.61. The molecular formula is C18H22F3N3O. The molecule has 2 aromatic heterocycles. The number of nitrogens with zero attached hydrogens (tertiary/aromatic N) is 2. The van der Waals surface area contributed by atoms with E-state index in [4.69, 9.17) is 10.5 Å². The third kappa shape index (κ3) is 4.92. The van der Waals surface area contributed by atoms with Crippen LogP contribution < -0.4 is 10.5 Å². The second-order valence-electron chi connectivity index (χ2n) is 6.13. The Labute approximate surface area is 145 Å². The molecule has 2 rings (SSSR count). The van der Waals surface area contributed by atoms with E-state index in [0.29, 0.717) is 24.1 Å². The van der Waals surface area contributed by atoms with Crippen molar-refractivity contribution in [3.8, 4) is 17.0 Å². The Morgan fingerprint density at radius 2 is 2.04 bits per heavy atom. The van der Waals surface area contributed by atoms with E-state index < -0.39 is 18.6 Å². The number of hydrogen-bond acceptors (Lipinski definition) is 4. The largest absolute Gasteiger partial charge is 0.489 e. The summed E-state index contributed by atoms with van der Waals surface area (Å²) in [6, 6.07) is 4.73. The van der Waals surface area contributed by atoms with Crippen LogP contribution in [0.4, 0.5) is 13.2 Å². The van der Waals surface area contributed by atoms with Gasteiger partial charge in [-0.15, -0.1) is 0 Å². The van der Waals surface area contributed by atoms with Gasteiger partial charge in [-0.05, 0) is 31.5 Å². The predicted octanol–water partition coefficient (Wildman–Crippen LogP) is 4.24. The van der Waals surface area contributed by atoms with Gasteiger partial charge in [0.2, 0.25) is 0 Å². The molecule has 0 fully saturated rings. The molecule has 0 amide bonds. The van der Waals surface area contributed by atoms with E-state index in [1.54, 1.807) is 25.3 Å². The number of pyridine rings is 2. The molecule has 7 heteroatoms. The van der Waals surface area contributed by atoms with Crippen molar-refractivity contribution in [3.63, 3.8) is 0 Å². The Kier molecular flexibility index (Phi) is 6.36. The minimum atomic E-state index is -2.75. The zero-order chi connectivity index (χ0) is 18.4. The highest BCUT2D eigenvalue weighted by Crippen LogP contribution is 2.32. The molecule has 25 heavy (non-hydrogen) atoms. The fourth-order valence-electron chi connectivity index (χ4n) is 2.51. The first kappa shape index (κ1) is 19.2. The van der Waals surface area contributed by atoms with E-state index in [-0.39, 0.29) is 17.9 Å². The molecule has 0 spiro atoms. The zero-order valence-corrected chi connectivity index (χ0v) is 14.3. The lowest BCUT2D eigenvalue weighted by atomic mass is 9.98. The molecule has 0 aliphatic rings. The van der Waals surface area contributed by atoms with Gasteiger partial charge in [-0.3, -0.25) is 9.97 Å². The van der Waals surface area contributed by atoms with Crippen molar-refractivity contribution in [2.75, 3.05) is 13.3 Å². The first-order valence-corrected chi connectivity index (χ1v) is 8.07. The summed E-state index contributed by atoms with van der Waals surface area (Å²) in [4.78, 5) is 8.26. The van der Waals surface area contributed by atoms with Crippen LogP contribution in [-0.2, 0) is 0 Å². The summed E-state index contributed by atoms with van der Waals surface area (Å²) in [5.41, 5.74) is 6.26. The molecule has 0 radical (unpaired) electrons. The maximum atomic E-state index is 13.4. The third-order valence-electron chi connectivity index (χ3n) is 3.85. The lowest BCUT2D eigenvalue weighted by molar-refractivity contribution is 0.135. The maximum absolute atomic E-state index is 13.4. The third-order valence-corrected chi connectivity index (χ3v) is 3.85. The molecule has 0 unspecified atom stereocenters. The quantitative estimate of drug-likeness (QED) is 0.771. The van der Waals surface area contributed by atoms with Crippen molar-refractivity contribution >= 4 is 0 Å². The van der Waals surface area contributed by atoms with E-state index in [9.17, 15) is 13.2 Å². The van der Waals surface area contributed by atoms with Crippen LogP contribution in [0.25, 0.3) is 11.3 Å². The van der Waals surface area contributed by atoms with Crippen LogP contribution in [-0.4, -0.2) is 28.8 Å². The van der Waals surface area contributed by atoms with Crippen molar-refractivity contribution < 1.29 is 17.9 Å². The van der Waals surface area contributed by atoms with Crippen molar-refractivity contribution in [2.45, 2.75) is 38.7 Å². The van der Waals surface area contributed by atoms with Crippen LogP contribution in [0.5, 0.6) is 5.75 Å². The monoisotopic (exact) mass is 353 g/mol. The van der Waals surface area contributed by atoms with Gasteiger partial charge in [-0.2, -0.15) is 0 Å². The Bertz CT molecular complexity index is 712. The number of halogens is 3. The van der Waals surface area contributed by atoms with Gasteiger partial charge in [0.25, 0.3) is 6.43 Å². The van der Waals surface area contributed by atoms with Gasteiger partial charge in [-0.25, -0.2) is 13.2 Å². The molecule has 0 aliphatic heterocycles. The fraction of sp³-hybridized carbons (Fsp3) is 0.444. The molecule has 0 aliphatic carbocycles. The number of aryl methyl sites for hydroxylation is 1. The minimum Gasteiger partial charge on any atom is -0.489 e. The summed E-state index contributed by atoms with van der Waals surface area (Å²) in [7, 11) is 0. The molecule has 2 heterocycles. The Morgan fingerprint density at radius 3 is 2.64 bits per heavy atom. The van der Waals surface area contributed by atoms with Crippen molar-refractivity contribution in [1.29, 1.82) is 0 Å². The number of rotatable bonds is 8. The summed E-state index contributed by atoms with van der Waals surface area (Å²) in [6.45, 7) is 2.70. The Hall–Kier alpha value is -2.15. The SMILES string of the molecule is CCC[C@@](N)(CF)COc1cnc(-c2ccnc(C)c2)cc1C(F)F. The number of aromatic nitrogens is 2. The van der Waals surface area contributed by atoms with Gasteiger partial charge in [0, 0.05) is 17.5 Å². The van der Waals surface area contributed by atoms with Crippen LogP contribution >= 0.6 is 0 Å². The Balaban J connectivity index is 2.27. The molecule has 4 nitrogen and oxygen atoms in total. The van der Waals surface area contributed by atoms with Crippen LogP contribution in [0.15, 0.2) is 30.6 Å². The zero-order valence-electron chi connectivity index (χ0n) is 14.3. The molecule has 2 N–H and O–H groups in total. The molecule has 0 bridgehead atoms. The minimum absolute atomic E-state index is 0.0797. The van der Waals surface area contributed by atoms with Crippen LogP contribution in [0.2, 0.25) is 0 Å². The fourth-order valence-corrected chi connectivity index (χ4v) is 2.51. The average molecular weight is 353 g/mol. The van der Waals surface area contributed by atoms with Gasteiger partial charge >= 0.3 is 0 Å². The maximum Gasteiger partial charge on any atom is 0.267 e. The lowest BCUT2D eigenvalue weighted by Gasteiger charge is -2.26. The number of nitrogens with two attached hydrogens (primary N) is 1. The van der Waals surface area contributed by atoms with Crippen LogP contribution in [0.3, 0.4) is 0 Å². The normalized spacial score (nSPS) is 13.7. The standard InChI is InChI=1S/C18H22F3N3O/c1-3-5-18(22,10-19)11-25-16-9-24-15(8-14(16)17(20)21)13-4-6-23-12(2)7-13/h4,6-9,17H,3,5,10-11,22H2,1-2H3/t18-/m1/s1. The van der Waals surface area contributed by atoms with E-state index in [2.05, 4.69) is 9.97 Å². The summed E-state index contributed by atoms with van der Waals surface area (Å²) >= 11 is 0. The first-order valence-electron chi connectivity index (χ1n) is 8.07. The molecule has 1 atom stereocenters. The molecule has 0 saturated carbocycles. The second-order valence-corrected chi connectivity index (χ2v) is 6.13. The summed E-state index contributed by atoms with van der Waals surface area (Å²) in [5.74, 6) is -0.0797. The average Bonchev–Trinajstić information content (AvgIpc) is 2.60. The summed E-state index contributed by atoms with van der Waals surface area (Å²) in [5, 5.41) is 0. The van der Waals surface area contributed by atoms with E-state index in [1.165, 1.54) is 12.3 Å². The van der Waals surface area contributed by atoms with Crippen molar-refractivity contribution in [2.24, 2.45) is 5.73 Å². The molecule has 0 aromatic carbocycles. The van der Waals surface area contributed by atoms with Crippen molar-refractivity contribution in [3.05, 3.63) is 41.9 Å². The van der Waals surface area contributed by atoms with Gasteiger partial charge in [-0.1, -0.05) is 13.3 Å². The predicted molar refractivity (Wildman–Crippen MR) is 90.5 cm³/mol. The molecule has 0 saturated heterocycles.